The first kappa shape index (κ1) is 14.0. The van der Waals surface area contributed by atoms with Crippen molar-refractivity contribution in [2.45, 2.75) is 13.8 Å². The number of para-hydroxylation sites is 1. The van der Waals surface area contributed by atoms with Gasteiger partial charge in [0.2, 0.25) is 0 Å². The minimum atomic E-state index is -0.957. The number of aromatic nitrogens is 1. The highest BCUT2D eigenvalue weighted by Crippen LogP contribution is 2.24. The number of primary amides is 1. The van der Waals surface area contributed by atoms with Gasteiger partial charge in [-0.25, -0.2) is 9.78 Å². The number of ether oxygens (including phenoxy) is 1. The summed E-state index contributed by atoms with van der Waals surface area (Å²) in [5.74, 6) is -0.306. The number of thiazole rings is 1. The Morgan fingerprint density at radius 2 is 1.95 bits per heavy atom. The van der Waals surface area contributed by atoms with Gasteiger partial charge in [-0.05, 0) is 25.0 Å². The number of carbonyl (C=O) groups excluding carboxylic acids is 2. The molecule has 2 aromatic rings. The Labute approximate surface area is 119 Å². The van der Waals surface area contributed by atoms with Gasteiger partial charge in [-0.15, -0.1) is 0 Å². The molecule has 1 heterocycles. The fourth-order valence-electron chi connectivity index (χ4n) is 1.68. The van der Waals surface area contributed by atoms with Crippen molar-refractivity contribution in [1.29, 1.82) is 0 Å². The Morgan fingerprint density at radius 1 is 1.30 bits per heavy atom. The Hall–Kier alpha value is -2.41. The Kier molecular flexibility index (Phi) is 3.99. The molecule has 1 aromatic heterocycles. The van der Waals surface area contributed by atoms with E-state index >= 15 is 0 Å². The van der Waals surface area contributed by atoms with Gasteiger partial charge in [0.15, 0.2) is 0 Å². The van der Waals surface area contributed by atoms with Crippen LogP contribution in [-0.2, 0) is 0 Å². The SMILES string of the molecule is Cc1cccc(C)c1NC(=O)c1cnc(OC(N)=O)s1. The zero-order valence-electron chi connectivity index (χ0n) is 11.0. The highest BCUT2D eigenvalue weighted by molar-refractivity contribution is 7.15. The van der Waals surface area contributed by atoms with Gasteiger partial charge in [0.05, 0.1) is 6.20 Å². The van der Waals surface area contributed by atoms with Gasteiger partial charge in [0.25, 0.3) is 11.1 Å². The number of amides is 2. The second-order valence-corrected chi connectivity index (χ2v) is 5.13. The zero-order valence-corrected chi connectivity index (χ0v) is 11.8. The van der Waals surface area contributed by atoms with Gasteiger partial charge in [-0.2, -0.15) is 0 Å². The monoisotopic (exact) mass is 291 g/mol. The molecule has 0 fully saturated rings. The number of hydrogen-bond donors (Lipinski definition) is 2. The number of hydrogen-bond acceptors (Lipinski definition) is 5. The number of carbonyl (C=O) groups is 2. The molecule has 0 aliphatic carbocycles. The molecule has 0 atom stereocenters. The third kappa shape index (κ3) is 3.12. The quantitative estimate of drug-likeness (QED) is 0.908. The molecule has 0 bridgehead atoms. The molecule has 0 saturated heterocycles. The van der Waals surface area contributed by atoms with Gasteiger partial charge in [0.1, 0.15) is 4.88 Å². The maximum absolute atomic E-state index is 12.1. The van der Waals surface area contributed by atoms with E-state index in [2.05, 4.69) is 15.0 Å². The summed E-state index contributed by atoms with van der Waals surface area (Å²) in [6.45, 7) is 3.83. The lowest BCUT2D eigenvalue weighted by Gasteiger charge is -2.10. The average molecular weight is 291 g/mol. The first-order chi connectivity index (χ1) is 9.47. The van der Waals surface area contributed by atoms with Crippen LogP contribution in [0.4, 0.5) is 10.5 Å². The highest BCUT2D eigenvalue weighted by Gasteiger charge is 2.14. The van der Waals surface area contributed by atoms with Gasteiger partial charge in [0, 0.05) is 5.69 Å². The van der Waals surface area contributed by atoms with E-state index in [1.54, 1.807) is 0 Å². The summed E-state index contributed by atoms with van der Waals surface area (Å²) in [7, 11) is 0. The standard InChI is InChI=1S/C13H13N3O3S/c1-7-4-3-5-8(2)10(7)16-11(17)9-6-15-13(20-9)19-12(14)18/h3-6H,1-2H3,(H2,14,18)(H,16,17). The minimum Gasteiger partial charge on any atom is -0.381 e. The fourth-order valence-corrected chi connectivity index (χ4v) is 2.35. The van der Waals surface area contributed by atoms with Crippen LogP contribution in [0.1, 0.15) is 20.8 Å². The summed E-state index contributed by atoms with van der Waals surface area (Å²) in [6.07, 6.45) is 0.382. The number of nitrogens with zero attached hydrogens (tertiary/aromatic N) is 1. The van der Waals surface area contributed by atoms with Gasteiger partial charge < -0.3 is 15.8 Å². The predicted octanol–water partition coefficient (Wildman–Crippen LogP) is 2.47. The third-order valence-corrected chi connectivity index (χ3v) is 3.49. The molecule has 0 radical (unpaired) electrons. The smallest absolute Gasteiger partial charge is 0.381 e. The first-order valence-corrected chi connectivity index (χ1v) is 6.59. The van der Waals surface area contributed by atoms with Crippen LogP contribution >= 0.6 is 11.3 Å². The second kappa shape index (κ2) is 5.70. The highest BCUT2D eigenvalue weighted by atomic mass is 32.1. The molecule has 104 valence electrons. The molecule has 0 aliphatic rings. The van der Waals surface area contributed by atoms with Crippen LogP contribution in [0, 0.1) is 13.8 Å². The van der Waals surface area contributed by atoms with Crippen molar-refractivity contribution in [3.8, 4) is 5.19 Å². The molecule has 0 spiro atoms. The second-order valence-electron chi connectivity index (χ2n) is 4.13. The van der Waals surface area contributed by atoms with Crippen molar-refractivity contribution >= 4 is 29.0 Å². The van der Waals surface area contributed by atoms with E-state index < -0.39 is 6.09 Å². The van der Waals surface area contributed by atoms with Gasteiger partial charge >= 0.3 is 6.09 Å². The van der Waals surface area contributed by atoms with Crippen molar-refractivity contribution in [3.63, 3.8) is 0 Å². The van der Waals surface area contributed by atoms with Crippen molar-refractivity contribution in [2.24, 2.45) is 5.73 Å². The van der Waals surface area contributed by atoms with Crippen molar-refractivity contribution in [3.05, 3.63) is 40.4 Å². The lowest BCUT2D eigenvalue weighted by Crippen LogP contribution is -2.15. The number of benzene rings is 1. The average Bonchev–Trinajstić information content (AvgIpc) is 2.81. The maximum atomic E-state index is 12.1. The minimum absolute atomic E-state index is 0.0455. The Bertz CT molecular complexity index is 646. The van der Waals surface area contributed by atoms with Crippen LogP contribution in [0.3, 0.4) is 0 Å². The molecule has 20 heavy (non-hydrogen) atoms. The number of nitrogens with one attached hydrogen (secondary N) is 1. The van der Waals surface area contributed by atoms with Crippen molar-refractivity contribution in [1.82, 2.24) is 4.98 Å². The molecular formula is C13H13N3O3S. The van der Waals surface area contributed by atoms with Gasteiger partial charge in [-0.3, -0.25) is 4.79 Å². The Morgan fingerprint density at radius 3 is 2.55 bits per heavy atom. The van der Waals surface area contributed by atoms with Crippen molar-refractivity contribution in [2.75, 3.05) is 5.32 Å². The van der Waals surface area contributed by atoms with Crippen LogP contribution in [0.15, 0.2) is 24.4 Å². The summed E-state index contributed by atoms with van der Waals surface area (Å²) < 4.78 is 4.61. The normalized spacial score (nSPS) is 10.1. The van der Waals surface area contributed by atoms with E-state index in [0.717, 1.165) is 28.2 Å². The topological polar surface area (TPSA) is 94.3 Å². The van der Waals surface area contributed by atoms with Gasteiger partial charge in [-0.1, -0.05) is 29.5 Å². The molecule has 2 amide bonds. The summed E-state index contributed by atoms with van der Waals surface area (Å²) in [6, 6.07) is 5.75. The summed E-state index contributed by atoms with van der Waals surface area (Å²) in [4.78, 5) is 26.8. The molecule has 0 aliphatic heterocycles. The van der Waals surface area contributed by atoms with E-state index in [-0.39, 0.29) is 11.1 Å². The van der Waals surface area contributed by atoms with Crippen LogP contribution in [0.5, 0.6) is 5.19 Å². The van der Waals surface area contributed by atoms with E-state index in [0.29, 0.717) is 4.88 Å². The Balaban J connectivity index is 2.16. The molecule has 6 nitrogen and oxygen atoms in total. The van der Waals surface area contributed by atoms with E-state index in [1.165, 1.54) is 6.20 Å². The number of aryl methyl sites for hydroxylation is 2. The van der Waals surface area contributed by atoms with Crippen LogP contribution in [-0.4, -0.2) is 17.0 Å². The van der Waals surface area contributed by atoms with Crippen LogP contribution in [0.2, 0.25) is 0 Å². The predicted molar refractivity (Wildman–Crippen MR) is 76.2 cm³/mol. The molecular weight excluding hydrogens is 278 g/mol. The molecule has 3 N–H and O–H groups in total. The molecule has 7 heteroatoms. The summed E-state index contributed by atoms with van der Waals surface area (Å²) >= 11 is 0.954. The van der Waals surface area contributed by atoms with E-state index in [4.69, 9.17) is 5.73 Å². The lowest BCUT2D eigenvalue weighted by molar-refractivity contribution is 0.103. The zero-order chi connectivity index (χ0) is 14.7. The first-order valence-electron chi connectivity index (χ1n) is 5.78. The van der Waals surface area contributed by atoms with E-state index in [1.807, 2.05) is 32.0 Å². The van der Waals surface area contributed by atoms with Crippen LogP contribution < -0.4 is 15.8 Å². The largest absolute Gasteiger partial charge is 0.411 e. The summed E-state index contributed by atoms with van der Waals surface area (Å²) in [5.41, 5.74) is 7.58. The maximum Gasteiger partial charge on any atom is 0.411 e. The summed E-state index contributed by atoms with van der Waals surface area (Å²) in [5, 5.41) is 2.87. The van der Waals surface area contributed by atoms with Crippen molar-refractivity contribution < 1.29 is 14.3 Å². The number of nitrogens with two attached hydrogens (primary N) is 1. The third-order valence-electron chi connectivity index (χ3n) is 2.62. The molecule has 0 unspecified atom stereocenters. The van der Waals surface area contributed by atoms with E-state index in [9.17, 15) is 9.59 Å². The lowest BCUT2D eigenvalue weighted by atomic mass is 10.1. The van der Waals surface area contributed by atoms with Crippen LogP contribution in [0.25, 0.3) is 0 Å². The molecule has 0 saturated carbocycles. The molecule has 2 rings (SSSR count). The number of rotatable bonds is 3. The fraction of sp³-hybridized carbons (Fsp3) is 0.154. The number of anilines is 1. The molecule has 1 aromatic carbocycles.